The summed E-state index contributed by atoms with van der Waals surface area (Å²) in [5, 5.41) is 7.01. The average molecular weight is 474 g/mol. The molecule has 10 heteroatoms. The van der Waals surface area contributed by atoms with Crippen molar-refractivity contribution < 1.29 is 17.9 Å². The van der Waals surface area contributed by atoms with E-state index in [4.69, 9.17) is 4.74 Å². The zero-order chi connectivity index (χ0) is 23.0. The quantitative estimate of drug-likeness (QED) is 0.643. The van der Waals surface area contributed by atoms with Crippen LogP contribution in [0.4, 0.5) is 16.2 Å². The van der Waals surface area contributed by atoms with Gasteiger partial charge in [-0.1, -0.05) is 6.07 Å². The SMILES string of the molecule is Cn1cc(N(CCC2CCCO2)S(=O)(=O)NC(=O)Nc2c3c(cc4c2CCC4)CCC3)cn1. The summed E-state index contributed by atoms with van der Waals surface area (Å²) in [5.74, 6) is 0. The Hall–Kier alpha value is -2.59. The third-order valence-electron chi connectivity index (χ3n) is 6.88. The van der Waals surface area contributed by atoms with Gasteiger partial charge in [0.05, 0.1) is 18.0 Å². The van der Waals surface area contributed by atoms with Crippen molar-refractivity contribution in [1.29, 1.82) is 0 Å². The van der Waals surface area contributed by atoms with Gasteiger partial charge in [0.1, 0.15) is 0 Å². The van der Waals surface area contributed by atoms with E-state index in [2.05, 4.69) is 21.2 Å². The summed E-state index contributed by atoms with van der Waals surface area (Å²) in [5.41, 5.74) is 6.11. The number of nitrogens with zero attached hydrogens (tertiary/aromatic N) is 3. The topological polar surface area (TPSA) is 106 Å². The van der Waals surface area contributed by atoms with Gasteiger partial charge in [-0.25, -0.2) is 9.52 Å². The van der Waals surface area contributed by atoms with E-state index in [9.17, 15) is 13.2 Å². The van der Waals surface area contributed by atoms with Gasteiger partial charge in [0.25, 0.3) is 0 Å². The lowest BCUT2D eigenvalue weighted by Gasteiger charge is -2.24. The molecule has 33 heavy (non-hydrogen) atoms. The molecule has 1 fully saturated rings. The molecule has 1 unspecified atom stereocenters. The third-order valence-corrected chi connectivity index (χ3v) is 8.30. The monoisotopic (exact) mass is 473 g/mol. The van der Waals surface area contributed by atoms with E-state index in [0.29, 0.717) is 18.7 Å². The van der Waals surface area contributed by atoms with Gasteiger partial charge in [0, 0.05) is 32.1 Å². The summed E-state index contributed by atoms with van der Waals surface area (Å²) in [6, 6.07) is 1.55. The minimum Gasteiger partial charge on any atom is -0.378 e. The van der Waals surface area contributed by atoms with E-state index in [1.807, 2.05) is 0 Å². The molecule has 1 aromatic carbocycles. The highest BCUT2D eigenvalue weighted by molar-refractivity contribution is 7.91. The molecule has 0 radical (unpaired) electrons. The molecule has 2 heterocycles. The number of benzene rings is 1. The van der Waals surface area contributed by atoms with Crippen LogP contribution in [0.5, 0.6) is 0 Å². The molecule has 2 aromatic rings. The molecule has 9 nitrogen and oxygen atoms in total. The Kier molecular flexibility index (Phi) is 6.05. The third kappa shape index (κ3) is 4.59. The van der Waals surface area contributed by atoms with Crippen LogP contribution in [0.2, 0.25) is 0 Å². The number of aryl methyl sites for hydroxylation is 3. The van der Waals surface area contributed by atoms with E-state index in [1.165, 1.54) is 21.6 Å². The Balaban J connectivity index is 1.35. The van der Waals surface area contributed by atoms with Gasteiger partial charge in [0.2, 0.25) is 0 Å². The first-order valence-corrected chi connectivity index (χ1v) is 13.2. The number of hydrogen-bond acceptors (Lipinski definition) is 5. The van der Waals surface area contributed by atoms with Crippen molar-refractivity contribution in [3.8, 4) is 0 Å². The lowest BCUT2D eigenvalue weighted by Crippen LogP contribution is -2.46. The van der Waals surface area contributed by atoms with Crippen molar-refractivity contribution in [1.82, 2.24) is 14.5 Å². The van der Waals surface area contributed by atoms with Gasteiger partial charge in [-0.3, -0.25) is 8.99 Å². The normalized spacial score (nSPS) is 19.4. The fourth-order valence-corrected chi connectivity index (χ4v) is 6.45. The highest BCUT2D eigenvalue weighted by Crippen LogP contribution is 2.38. The molecule has 2 amide bonds. The molecule has 0 saturated carbocycles. The minimum atomic E-state index is -4.14. The van der Waals surface area contributed by atoms with Gasteiger partial charge in [-0.05, 0) is 80.0 Å². The Labute approximate surface area is 194 Å². The Morgan fingerprint density at radius 1 is 1.18 bits per heavy atom. The van der Waals surface area contributed by atoms with Crippen LogP contribution in [0.15, 0.2) is 18.5 Å². The van der Waals surface area contributed by atoms with E-state index in [0.717, 1.165) is 68.2 Å². The average Bonchev–Trinajstić information content (AvgIpc) is 3.55. The molecule has 178 valence electrons. The van der Waals surface area contributed by atoms with Gasteiger partial charge in [0.15, 0.2) is 0 Å². The number of ether oxygens (including phenoxy) is 1. The highest BCUT2D eigenvalue weighted by atomic mass is 32.2. The Morgan fingerprint density at radius 3 is 2.52 bits per heavy atom. The maximum Gasteiger partial charge on any atom is 0.334 e. The highest BCUT2D eigenvalue weighted by Gasteiger charge is 2.30. The minimum absolute atomic E-state index is 0.0303. The predicted octanol–water partition coefficient (Wildman–Crippen LogP) is 2.84. The zero-order valence-corrected chi connectivity index (χ0v) is 19.8. The summed E-state index contributed by atoms with van der Waals surface area (Å²) >= 11 is 0. The second-order valence-electron chi connectivity index (χ2n) is 9.16. The molecule has 1 aromatic heterocycles. The van der Waals surface area contributed by atoms with Crippen molar-refractivity contribution in [3.63, 3.8) is 0 Å². The van der Waals surface area contributed by atoms with Crippen molar-refractivity contribution in [3.05, 3.63) is 40.7 Å². The first kappa shape index (κ1) is 22.2. The lowest BCUT2D eigenvalue weighted by molar-refractivity contribution is 0.106. The number of nitrogens with one attached hydrogen (secondary N) is 2. The summed E-state index contributed by atoms with van der Waals surface area (Å²) in [7, 11) is -2.41. The van der Waals surface area contributed by atoms with E-state index >= 15 is 0 Å². The molecular weight excluding hydrogens is 442 g/mol. The second-order valence-corrected chi connectivity index (χ2v) is 10.8. The summed E-state index contributed by atoms with van der Waals surface area (Å²) < 4.78 is 37.2. The Bertz CT molecular complexity index is 1120. The number of carbonyl (C=O) groups is 1. The van der Waals surface area contributed by atoms with Crippen LogP contribution in [0.3, 0.4) is 0 Å². The summed E-state index contributed by atoms with van der Waals surface area (Å²) in [6.45, 7) is 0.909. The largest absolute Gasteiger partial charge is 0.378 e. The molecule has 1 aliphatic heterocycles. The fraction of sp³-hybridized carbons (Fsp3) is 0.565. The molecule has 2 N–H and O–H groups in total. The molecule has 0 spiro atoms. The van der Waals surface area contributed by atoms with E-state index in [1.54, 1.807) is 17.9 Å². The summed E-state index contributed by atoms with van der Waals surface area (Å²) in [6.07, 6.45) is 11.6. The summed E-state index contributed by atoms with van der Waals surface area (Å²) in [4.78, 5) is 13.0. The number of urea groups is 1. The van der Waals surface area contributed by atoms with Crippen molar-refractivity contribution in [2.24, 2.45) is 7.05 Å². The van der Waals surface area contributed by atoms with Crippen LogP contribution in [0.25, 0.3) is 0 Å². The first-order valence-electron chi connectivity index (χ1n) is 11.8. The van der Waals surface area contributed by atoms with Crippen LogP contribution in [-0.4, -0.2) is 43.5 Å². The molecule has 0 bridgehead atoms. The van der Waals surface area contributed by atoms with Crippen molar-refractivity contribution >= 4 is 27.6 Å². The van der Waals surface area contributed by atoms with Crippen LogP contribution >= 0.6 is 0 Å². The van der Waals surface area contributed by atoms with Gasteiger partial charge < -0.3 is 10.1 Å². The van der Waals surface area contributed by atoms with Crippen molar-refractivity contribution in [2.45, 2.75) is 63.9 Å². The molecule has 1 atom stereocenters. The number of rotatable bonds is 7. The van der Waals surface area contributed by atoms with Crippen molar-refractivity contribution in [2.75, 3.05) is 22.8 Å². The number of amides is 2. The maximum atomic E-state index is 13.3. The molecule has 2 aliphatic carbocycles. The number of fused-ring (bicyclic) bond motifs is 2. The first-order chi connectivity index (χ1) is 15.9. The maximum absolute atomic E-state index is 13.3. The van der Waals surface area contributed by atoms with E-state index < -0.39 is 16.2 Å². The zero-order valence-electron chi connectivity index (χ0n) is 19.0. The predicted molar refractivity (Wildman–Crippen MR) is 126 cm³/mol. The van der Waals surface area contributed by atoms with Gasteiger partial charge in [-0.2, -0.15) is 13.5 Å². The number of hydrogen-bond donors (Lipinski definition) is 2. The standard InChI is InChI=1S/C23H31N5O4S/c1-27-15-18(14-24-27)28(11-10-19-7-4-12-32-19)33(30,31)26-23(29)25-22-20-8-2-5-16(20)13-17-6-3-9-21(17)22/h13-15,19H,2-12H2,1H3,(H2,25,26,29). The fourth-order valence-electron chi connectivity index (χ4n) is 5.34. The number of carbonyl (C=O) groups excluding carboxylic acids is 1. The van der Waals surface area contributed by atoms with Crippen LogP contribution in [0, 0.1) is 0 Å². The Morgan fingerprint density at radius 2 is 1.91 bits per heavy atom. The number of aromatic nitrogens is 2. The van der Waals surface area contributed by atoms with Crippen LogP contribution in [-0.2, 0) is 47.7 Å². The smallest absolute Gasteiger partial charge is 0.334 e. The molecule has 1 saturated heterocycles. The van der Waals surface area contributed by atoms with E-state index in [-0.39, 0.29) is 12.6 Å². The lowest BCUT2D eigenvalue weighted by atomic mass is 9.99. The van der Waals surface area contributed by atoms with Gasteiger partial charge in [-0.15, -0.1) is 0 Å². The van der Waals surface area contributed by atoms with Crippen LogP contribution in [0.1, 0.15) is 54.4 Å². The second kappa shape index (κ2) is 8.98. The van der Waals surface area contributed by atoms with Gasteiger partial charge >= 0.3 is 16.2 Å². The molecule has 3 aliphatic rings. The number of anilines is 2. The molecule has 5 rings (SSSR count). The van der Waals surface area contributed by atoms with Crippen LogP contribution < -0.4 is 14.3 Å². The molecular formula is C23H31N5O4S.